The lowest BCUT2D eigenvalue weighted by Gasteiger charge is -2.44. The summed E-state index contributed by atoms with van der Waals surface area (Å²) in [6.07, 6.45) is 5.61. The first-order valence-corrected chi connectivity index (χ1v) is 8.99. The van der Waals surface area contributed by atoms with Crippen LogP contribution in [-0.2, 0) is 4.74 Å². The Labute approximate surface area is 153 Å². The number of nitriles is 1. The summed E-state index contributed by atoms with van der Waals surface area (Å²) in [4.78, 5) is 17.5. The third-order valence-corrected chi connectivity index (χ3v) is 5.16. The van der Waals surface area contributed by atoms with Gasteiger partial charge in [0.15, 0.2) is 0 Å². The SMILES string of the molecule is N#Cc1cccc(N2CCOCC3(CCCN(c4ccncn4)C3)C2)n1. The molecule has 0 amide bonds. The Kier molecular flexibility index (Phi) is 4.67. The van der Waals surface area contributed by atoms with E-state index in [2.05, 4.69) is 30.8 Å². The fraction of sp³-hybridized carbons (Fsp3) is 0.474. The number of hydrogen-bond donors (Lipinski definition) is 0. The Morgan fingerprint density at radius 3 is 2.81 bits per heavy atom. The largest absolute Gasteiger partial charge is 0.379 e. The normalized spacial score (nSPS) is 23.5. The second-order valence-electron chi connectivity index (χ2n) is 7.06. The molecule has 26 heavy (non-hydrogen) atoms. The fourth-order valence-corrected chi connectivity index (χ4v) is 3.97. The third-order valence-electron chi connectivity index (χ3n) is 5.16. The molecule has 134 valence electrons. The molecule has 0 bridgehead atoms. The molecule has 2 fully saturated rings. The molecular weight excluding hydrogens is 328 g/mol. The minimum atomic E-state index is 0.0318. The molecule has 4 heterocycles. The molecule has 0 radical (unpaired) electrons. The lowest BCUT2D eigenvalue weighted by Crippen LogP contribution is -2.51. The van der Waals surface area contributed by atoms with Crippen LogP contribution in [0.4, 0.5) is 11.6 Å². The van der Waals surface area contributed by atoms with Gasteiger partial charge in [0.25, 0.3) is 0 Å². The number of rotatable bonds is 2. The van der Waals surface area contributed by atoms with Gasteiger partial charge < -0.3 is 14.5 Å². The van der Waals surface area contributed by atoms with Gasteiger partial charge in [0.2, 0.25) is 0 Å². The van der Waals surface area contributed by atoms with E-state index in [-0.39, 0.29) is 5.41 Å². The summed E-state index contributed by atoms with van der Waals surface area (Å²) in [6, 6.07) is 9.71. The molecule has 2 aliphatic rings. The van der Waals surface area contributed by atoms with Crippen molar-refractivity contribution < 1.29 is 4.74 Å². The van der Waals surface area contributed by atoms with E-state index >= 15 is 0 Å². The molecule has 7 heteroatoms. The summed E-state index contributed by atoms with van der Waals surface area (Å²) in [5, 5.41) is 9.14. The van der Waals surface area contributed by atoms with Gasteiger partial charge in [-0.15, -0.1) is 0 Å². The van der Waals surface area contributed by atoms with Gasteiger partial charge in [0.1, 0.15) is 29.7 Å². The maximum Gasteiger partial charge on any atom is 0.142 e. The number of aromatic nitrogens is 3. The van der Waals surface area contributed by atoms with Crippen LogP contribution in [0.25, 0.3) is 0 Å². The molecule has 0 aliphatic carbocycles. The van der Waals surface area contributed by atoms with Crippen LogP contribution in [0.3, 0.4) is 0 Å². The molecule has 1 atom stereocenters. The van der Waals surface area contributed by atoms with E-state index in [1.54, 1.807) is 18.6 Å². The number of pyridine rings is 1. The zero-order valence-corrected chi connectivity index (χ0v) is 14.7. The van der Waals surface area contributed by atoms with Crippen LogP contribution in [0.1, 0.15) is 18.5 Å². The van der Waals surface area contributed by atoms with Gasteiger partial charge in [-0.2, -0.15) is 5.26 Å². The van der Waals surface area contributed by atoms with Crippen molar-refractivity contribution in [3.63, 3.8) is 0 Å². The molecule has 2 aliphatic heterocycles. The van der Waals surface area contributed by atoms with Crippen LogP contribution >= 0.6 is 0 Å². The molecule has 2 aromatic rings. The maximum absolute atomic E-state index is 9.14. The van der Waals surface area contributed by atoms with Crippen LogP contribution in [0, 0.1) is 16.7 Å². The lowest BCUT2D eigenvalue weighted by atomic mass is 9.80. The minimum absolute atomic E-state index is 0.0318. The smallest absolute Gasteiger partial charge is 0.142 e. The Morgan fingerprint density at radius 1 is 1.12 bits per heavy atom. The minimum Gasteiger partial charge on any atom is -0.379 e. The quantitative estimate of drug-likeness (QED) is 0.818. The zero-order chi connectivity index (χ0) is 17.8. The van der Waals surface area contributed by atoms with Crippen molar-refractivity contribution in [1.82, 2.24) is 15.0 Å². The average molecular weight is 350 g/mol. The Balaban J connectivity index is 1.57. The van der Waals surface area contributed by atoms with E-state index in [0.29, 0.717) is 12.3 Å². The summed E-state index contributed by atoms with van der Waals surface area (Å²) in [5.41, 5.74) is 0.484. The van der Waals surface area contributed by atoms with Gasteiger partial charge >= 0.3 is 0 Å². The molecule has 0 aromatic carbocycles. The molecule has 0 saturated carbocycles. The highest BCUT2D eigenvalue weighted by molar-refractivity contribution is 5.43. The van der Waals surface area contributed by atoms with E-state index in [9.17, 15) is 0 Å². The first kappa shape index (κ1) is 16.7. The second kappa shape index (κ2) is 7.26. The van der Waals surface area contributed by atoms with Crippen LogP contribution in [0.5, 0.6) is 0 Å². The maximum atomic E-state index is 9.14. The Morgan fingerprint density at radius 2 is 2.00 bits per heavy atom. The van der Waals surface area contributed by atoms with Crippen molar-refractivity contribution in [3.05, 3.63) is 42.5 Å². The standard InChI is InChI=1S/C19H22N6O/c20-11-16-3-1-4-18(23-16)25-9-10-26-14-19(13-25)6-2-8-24(12-19)17-5-7-21-15-22-17/h1,3-5,7,15H,2,6,8-10,12-14H2. The van der Waals surface area contributed by atoms with Gasteiger partial charge in [-0.05, 0) is 31.0 Å². The summed E-state index contributed by atoms with van der Waals surface area (Å²) >= 11 is 0. The second-order valence-corrected chi connectivity index (χ2v) is 7.06. The van der Waals surface area contributed by atoms with Gasteiger partial charge in [0.05, 0.1) is 13.2 Å². The van der Waals surface area contributed by atoms with Gasteiger partial charge in [-0.3, -0.25) is 0 Å². The summed E-state index contributed by atoms with van der Waals surface area (Å²) in [7, 11) is 0. The van der Waals surface area contributed by atoms with E-state index in [1.807, 2.05) is 18.2 Å². The van der Waals surface area contributed by atoms with E-state index in [4.69, 9.17) is 10.00 Å². The van der Waals surface area contributed by atoms with Crippen LogP contribution < -0.4 is 9.80 Å². The number of ether oxygens (including phenoxy) is 1. The highest BCUT2D eigenvalue weighted by Gasteiger charge is 2.39. The lowest BCUT2D eigenvalue weighted by molar-refractivity contribution is 0.0597. The topological polar surface area (TPSA) is 78.2 Å². The van der Waals surface area contributed by atoms with Crippen molar-refractivity contribution >= 4 is 11.6 Å². The first-order valence-electron chi connectivity index (χ1n) is 8.99. The van der Waals surface area contributed by atoms with Crippen molar-refractivity contribution in [2.24, 2.45) is 5.41 Å². The van der Waals surface area contributed by atoms with E-state index in [0.717, 1.165) is 57.3 Å². The number of anilines is 2. The van der Waals surface area contributed by atoms with Gasteiger partial charge in [0, 0.05) is 37.8 Å². The van der Waals surface area contributed by atoms with Crippen LogP contribution in [0.15, 0.2) is 36.8 Å². The number of piperidine rings is 1. The number of hydrogen-bond acceptors (Lipinski definition) is 7. The van der Waals surface area contributed by atoms with Crippen molar-refractivity contribution in [2.45, 2.75) is 12.8 Å². The zero-order valence-electron chi connectivity index (χ0n) is 14.7. The van der Waals surface area contributed by atoms with Crippen molar-refractivity contribution in [1.29, 1.82) is 5.26 Å². The highest BCUT2D eigenvalue weighted by atomic mass is 16.5. The highest BCUT2D eigenvalue weighted by Crippen LogP contribution is 2.35. The molecule has 1 unspecified atom stereocenters. The molecule has 2 aromatic heterocycles. The summed E-state index contributed by atoms with van der Waals surface area (Å²) < 4.78 is 5.99. The van der Waals surface area contributed by atoms with Crippen LogP contribution in [0.2, 0.25) is 0 Å². The van der Waals surface area contributed by atoms with E-state index in [1.165, 1.54) is 0 Å². The van der Waals surface area contributed by atoms with Gasteiger partial charge in [-0.25, -0.2) is 15.0 Å². The molecule has 4 rings (SSSR count). The predicted molar refractivity (Wildman–Crippen MR) is 97.9 cm³/mol. The van der Waals surface area contributed by atoms with E-state index < -0.39 is 0 Å². The van der Waals surface area contributed by atoms with Gasteiger partial charge in [-0.1, -0.05) is 6.07 Å². The molecule has 0 N–H and O–H groups in total. The molecule has 1 spiro atoms. The monoisotopic (exact) mass is 350 g/mol. The van der Waals surface area contributed by atoms with Crippen molar-refractivity contribution in [3.8, 4) is 6.07 Å². The predicted octanol–water partition coefficient (Wildman–Crippen LogP) is 1.87. The molecule has 7 nitrogen and oxygen atoms in total. The fourth-order valence-electron chi connectivity index (χ4n) is 3.97. The molecular formula is C19H22N6O. The van der Waals surface area contributed by atoms with Crippen LogP contribution in [-0.4, -0.2) is 54.3 Å². The number of nitrogens with zero attached hydrogens (tertiary/aromatic N) is 6. The Bertz CT molecular complexity index is 792. The average Bonchev–Trinajstić information content (AvgIpc) is 2.91. The Hall–Kier alpha value is -2.72. The first-order chi connectivity index (χ1) is 12.8. The molecule has 2 saturated heterocycles. The van der Waals surface area contributed by atoms with Crippen molar-refractivity contribution in [2.75, 3.05) is 49.2 Å². The summed E-state index contributed by atoms with van der Waals surface area (Å²) in [5.74, 6) is 1.83. The third kappa shape index (κ3) is 3.46. The summed E-state index contributed by atoms with van der Waals surface area (Å²) in [6.45, 7) is 4.98.